The molecule has 98 valence electrons. The summed E-state index contributed by atoms with van der Waals surface area (Å²) in [7, 11) is 0. The SMILES string of the molecule is CC#CCCC(CSc1ccc(Cl)cc1)NCC. The summed E-state index contributed by atoms with van der Waals surface area (Å²) in [6.45, 7) is 5.04. The molecule has 0 fully saturated rings. The first-order valence-corrected chi connectivity index (χ1v) is 7.64. The first-order chi connectivity index (χ1) is 8.76. The molecule has 0 aliphatic carbocycles. The Balaban J connectivity index is 2.39. The Morgan fingerprint density at radius 3 is 2.67 bits per heavy atom. The maximum atomic E-state index is 5.87. The summed E-state index contributed by atoms with van der Waals surface area (Å²) in [6, 6.07) is 8.55. The number of thioether (sulfide) groups is 1. The second-order valence-corrected chi connectivity index (χ2v) is 5.51. The van der Waals surface area contributed by atoms with Crippen LogP contribution in [0.3, 0.4) is 0 Å². The third-order valence-corrected chi connectivity index (χ3v) is 3.98. The molecule has 0 aliphatic rings. The van der Waals surface area contributed by atoms with Crippen LogP contribution in [0.1, 0.15) is 26.7 Å². The lowest BCUT2D eigenvalue weighted by Gasteiger charge is -2.16. The minimum Gasteiger partial charge on any atom is -0.313 e. The average molecular weight is 282 g/mol. The van der Waals surface area contributed by atoms with E-state index in [4.69, 9.17) is 11.6 Å². The Labute approximate surface area is 120 Å². The molecule has 3 heteroatoms. The fourth-order valence-electron chi connectivity index (χ4n) is 1.63. The van der Waals surface area contributed by atoms with Gasteiger partial charge in [0.15, 0.2) is 0 Å². The fraction of sp³-hybridized carbons (Fsp3) is 0.467. The van der Waals surface area contributed by atoms with Crippen LogP contribution < -0.4 is 5.32 Å². The van der Waals surface area contributed by atoms with Gasteiger partial charge in [-0.05, 0) is 44.2 Å². The van der Waals surface area contributed by atoms with E-state index in [1.165, 1.54) is 4.90 Å². The number of benzene rings is 1. The minimum absolute atomic E-state index is 0.525. The fourth-order valence-corrected chi connectivity index (χ4v) is 2.76. The van der Waals surface area contributed by atoms with Crippen molar-refractivity contribution in [1.29, 1.82) is 0 Å². The zero-order chi connectivity index (χ0) is 13.2. The molecule has 0 bridgehead atoms. The molecule has 1 unspecified atom stereocenters. The molecular weight excluding hydrogens is 262 g/mol. The minimum atomic E-state index is 0.525. The highest BCUT2D eigenvalue weighted by Gasteiger charge is 2.07. The van der Waals surface area contributed by atoms with Gasteiger partial charge >= 0.3 is 0 Å². The zero-order valence-corrected chi connectivity index (χ0v) is 12.6. The van der Waals surface area contributed by atoms with Crippen LogP contribution in [-0.2, 0) is 0 Å². The highest BCUT2D eigenvalue weighted by molar-refractivity contribution is 7.99. The smallest absolute Gasteiger partial charge is 0.0406 e. The van der Waals surface area contributed by atoms with Crippen LogP contribution in [0.25, 0.3) is 0 Å². The van der Waals surface area contributed by atoms with Gasteiger partial charge in [0, 0.05) is 28.1 Å². The van der Waals surface area contributed by atoms with Crippen LogP contribution in [0.2, 0.25) is 5.02 Å². The molecule has 1 rings (SSSR count). The van der Waals surface area contributed by atoms with Crippen LogP contribution >= 0.6 is 23.4 Å². The van der Waals surface area contributed by atoms with Crippen molar-refractivity contribution >= 4 is 23.4 Å². The van der Waals surface area contributed by atoms with Gasteiger partial charge in [-0.25, -0.2) is 0 Å². The summed E-state index contributed by atoms with van der Waals surface area (Å²) < 4.78 is 0. The van der Waals surface area contributed by atoms with E-state index >= 15 is 0 Å². The quantitative estimate of drug-likeness (QED) is 0.593. The number of hydrogen-bond acceptors (Lipinski definition) is 2. The highest BCUT2D eigenvalue weighted by atomic mass is 35.5. The highest BCUT2D eigenvalue weighted by Crippen LogP contribution is 2.21. The van der Waals surface area contributed by atoms with E-state index in [-0.39, 0.29) is 0 Å². The van der Waals surface area contributed by atoms with E-state index in [1.54, 1.807) is 0 Å². The van der Waals surface area contributed by atoms with Crippen molar-refractivity contribution in [3.05, 3.63) is 29.3 Å². The Morgan fingerprint density at radius 2 is 2.06 bits per heavy atom. The molecule has 1 N–H and O–H groups in total. The predicted molar refractivity (Wildman–Crippen MR) is 82.3 cm³/mol. The lowest BCUT2D eigenvalue weighted by Crippen LogP contribution is -2.30. The van der Waals surface area contributed by atoms with Crippen molar-refractivity contribution in [2.45, 2.75) is 37.6 Å². The molecule has 1 aromatic carbocycles. The normalized spacial score (nSPS) is 11.7. The lowest BCUT2D eigenvalue weighted by atomic mass is 10.2. The molecule has 0 radical (unpaired) electrons. The molecule has 0 aromatic heterocycles. The molecule has 0 aliphatic heterocycles. The van der Waals surface area contributed by atoms with Crippen molar-refractivity contribution in [3.8, 4) is 11.8 Å². The van der Waals surface area contributed by atoms with E-state index < -0.39 is 0 Å². The molecule has 0 saturated carbocycles. The van der Waals surface area contributed by atoms with Crippen LogP contribution in [0.15, 0.2) is 29.2 Å². The van der Waals surface area contributed by atoms with Crippen molar-refractivity contribution in [2.24, 2.45) is 0 Å². The van der Waals surface area contributed by atoms with Crippen LogP contribution in [-0.4, -0.2) is 18.3 Å². The van der Waals surface area contributed by atoms with E-state index in [0.29, 0.717) is 6.04 Å². The second-order valence-electron chi connectivity index (χ2n) is 3.98. The number of halogens is 1. The van der Waals surface area contributed by atoms with Gasteiger partial charge in [0.25, 0.3) is 0 Å². The third kappa shape index (κ3) is 6.35. The van der Waals surface area contributed by atoms with Gasteiger partial charge in [0.05, 0.1) is 0 Å². The molecule has 0 spiro atoms. The summed E-state index contributed by atoms with van der Waals surface area (Å²) >= 11 is 7.74. The number of rotatable bonds is 7. The standard InChI is InChI=1S/C15H20ClNS/c1-3-5-6-7-14(17-4-2)12-18-15-10-8-13(16)9-11-15/h8-11,14,17H,4,6-7,12H2,1-2H3. The van der Waals surface area contributed by atoms with Gasteiger partial charge < -0.3 is 5.32 Å². The summed E-state index contributed by atoms with van der Waals surface area (Å²) in [6.07, 6.45) is 2.07. The Kier molecular flexibility index (Phi) is 8.00. The number of nitrogens with one attached hydrogen (secondary N) is 1. The van der Waals surface area contributed by atoms with Gasteiger partial charge in [-0.1, -0.05) is 18.5 Å². The van der Waals surface area contributed by atoms with Crippen molar-refractivity contribution in [3.63, 3.8) is 0 Å². The summed E-state index contributed by atoms with van der Waals surface area (Å²) in [5.41, 5.74) is 0. The predicted octanol–water partition coefficient (Wildman–Crippen LogP) is 4.21. The summed E-state index contributed by atoms with van der Waals surface area (Å²) in [5.74, 6) is 7.14. The van der Waals surface area contributed by atoms with Crippen molar-refractivity contribution in [2.75, 3.05) is 12.3 Å². The van der Waals surface area contributed by atoms with Crippen molar-refractivity contribution < 1.29 is 0 Å². The Morgan fingerprint density at radius 1 is 1.33 bits per heavy atom. The first kappa shape index (κ1) is 15.4. The second kappa shape index (κ2) is 9.33. The first-order valence-electron chi connectivity index (χ1n) is 6.27. The molecule has 1 aromatic rings. The Hall–Kier alpha value is -0.620. The maximum Gasteiger partial charge on any atom is 0.0406 e. The van der Waals surface area contributed by atoms with Gasteiger partial charge in [-0.3, -0.25) is 0 Å². The largest absolute Gasteiger partial charge is 0.313 e. The molecular formula is C15H20ClNS. The lowest BCUT2D eigenvalue weighted by molar-refractivity contribution is 0.545. The monoisotopic (exact) mass is 281 g/mol. The number of hydrogen-bond donors (Lipinski definition) is 1. The topological polar surface area (TPSA) is 12.0 Å². The Bertz CT molecular complexity index is 391. The molecule has 0 amide bonds. The van der Waals surface area contributed by atoms with Crippen molar-refractivity contribution in [1.82, 2.24) is 5.32 Å². The van der Waals surface area contributed by atoms with Crippen LogP contribution in [0.4, 0.5) is 0 Å². The van der Waals surface area contributed by atoms with Gasteiger partial charge in [0.2, 0.25) is 0 Å². The van der Waals surface area contributed by atoms with E-state index in [0.717, 1.165) is 30.2 Å². The van der Waals surface area contributed by atoms with Crippen LogP contribution in [0.5, 0.6) is 0 Å². The molecule has 1 atom stereocenters. The van der Waals surface area contributed by atoms with E-state index in [9.17, 15) is 0 Å². The molecule has 0 heterocycles. The van der Waals surface area contributed by atoms with Gasteiger partial charge in [0.1, 0.15) is 0 Å². The molecule has 0 saturated heterocycles. The average Bonchev–Trinajstić information content (AvgIpc) is 2.38. The van der Waals surface area contributed by atoms with Gasteiger partial charge in [-0.15, -0.1) is 23.6 Å². The zero-order valence-electron chi connectivity index (χ0n) is 11.0. The van der Waals surface area contributed by atoms with E-state index in [1.807, 2.05) is 30.8 Å². The summed E-state index contributed by atoms with van der Waals surface area (Å²) in [5, 5.41) is 4.30. The van der Waals surface area contributed by atoms with Crippen LogP contribution in [0, 0.1) is 11.8 Å². The van der Waals surface area contributed by atoms with E-state index in [2.05, 4.69) is 36.2 Å². The van der Waals surface area contributed by atoms with Gasteiger partial charge in [-0.2, -0.15) is 0 Å². The summed E-state index contributed by atoms with van der Waals surface area (Å²) in [4.78, 5) is 1.27. The maximum absolute atomic E-state index is 5.87. The molecule has 18 heavy (non-hydrogen) atoms. The molecule has 1 nitrogen and oxygen atoms in total. The third-order valence-electron chi connectivity index (χ3n) is 2.55.